The lowest BCUT2D eigenvalue weighted by Crippen LogP contribution is -2.31. The molecule has 1 aromatic rings. The number of carbonyl (C=O) groups is 1. The maximum atomic E-state index is 10.9. The highest BCUT2D eigenvalue weighted by atomic mass is 16.4. The third-order valence-corrected chi connectivity index (χ3v) is 3.39. The van der Waals surface area contributed by atoms with Gasteiger partial charge in [-0.3, -0.25) is 9.69 Å². The van der Waals surface area contributed by atoms with Gasteiger partial charge in [0.05, 0.1) is 5.92 Å². The zero-order valence-electron chi connectivity index (χ0n) is 10.2. The summed E-state index contributed by atoms with van der Waals surface area (Å²) in [6.45, 7) is 4.29. The number of carboxylic acid groups (broad SMARTS) is 1. The van der Waals surface area contributed by atoms with Gasteiger partial charge in [0.2, 0.25) is 0 Å². The third-order valence-electron chi connectivity index (χ3n) is 3.39. The van der Waals surface area contributed by atoms with Crippen molar-refractivity contribution >= 4 is 5.97 Å². The maximum Gasteiger partial charge on any atom is 0.307 e. The molecule has 1 atom stereocenters. The first-order valence-corrected chi connectivity index (χ1v) is 6.19. The van der Waals surface area contributed by atoms with Crippen molar-refractivity contribution < 1.29 is 9.90 Å². The Morgan fingerprint density at radius 2 is 2.12 bits per heavy atom. The average molecular weight is 233 g/mol. The molecule has 0 saturated heterocycles. The molecule has 0 saturated carbocycles. The molecule has 17 heavy (non-hydrogen) atoms. The molecule has 1 aromatic carbocycles. The van der Waals surface area contributed by atoms with Crippen LogP contribution in [0.3, 0.4) is 0 Å². The minimum Gasteiger partial charge on any atom is -0.481 e. The van der Waals surface area contributed by atoms with E-state index in [2.05, 4.69) is 29.2 Å². The number of benzene rings is 1. The van der Waals surface area contributed by atoms with Gasteiger partial charge < -0.3 is 5.11 Å². The van der Waals surface area contributed by atoms with E-state index in [1.54, 1.807) is 6.92 Å². The summed E-state index contributed by atoms with van der Waals surface area (Å²) in [5, 5.41) is 8.95. The standard InChI is InChI=1S/C14H19NO2/c1-11(14(16)17)9-15-8-4-7-12-5-2-3-6-13(12)10-15/h2-3,5-6,11H,4,7-10H2,1H3,(H,16,17). The molecular weight excluding hydrogens is 214 g/mol. The Morgan fingerprint density at radius 1 is 1.41 bits per heavy atom. The van der Waals surface area contributed by atoms with Gasteiger partial charge in [-0.1, -0.05) is 31.2 Å². The lowest BCUT2D eigenvalue weighted by Gasteiger charge is -2.22. The summed E-state index contributed by atoms with van der Waals surface area (Å²) in [6, 6.07) is 8.47. The number of nitrogens with zero attached hydrogens (tertiary/aromatic N) is 1. The number of fused-ring (bicyclic) bond motifs is 1. The SMILES string of the molecule is CC(CN1CCCc2ccccc2C1)C(=O)O. The second kappa shape index (κ2) is 5.32. The van der Waals surface area contributed by atoms with Crippen LogP contribution >= 0.6 is 0 Å². The predicted octanol–water partition coefficient (Wildman–Crippen LogP) is 2.16. The van der Waals surface area contributed by atoms with Gasteiger partial charge >= 0.3 is 5.97 Å². The molecule has 1 N–H and O–H groups in total. The smallest absolute Gasteiger partial charge is 0.307 e. The van der Waals surface area contributed by atoms with Crippen LogP contribution in [-0.4, -0.2) is 29.1 Å². The van der Waals surface area contributed by atoms with Gasteiger partial charge in [-0.05, 0) is 30.5 Å². The van der Waals surface area contributed by atoms with Gasteiger partial charge in [0.25, 0.3) is 0 Å². The van der Waals surface area contributed by atoms with Crippen molar-refractivity contribution in [1.82, 2.24) is 4.90 Å². The second-order valence-electron chi connectivity index (χ2n) is 4.85. The van der Waals surface area contributed by atoms with Crippen molar-refractivity contribution in [3.8, 4) is 0 Å². The summed E-state index contributed by atoms with van der Waals surface area (Å²) in [6.07, 6.45) is 2.22. The van der Waals surface area contributed by atoms with E-state index in [9.17, 15) is 4.79 Å². The largest absolute Gasteiger partial charge is 0.481 e. The van der Waals surface area contributed by atoms with Crippen LogP contribution in [0.1, 0.15) is 24.5 Å². The van der Waals surface area contributed by atoms with E-state index in [1.807, 2.05) is 0 Å². The number of aliphatic carboxylic acids is 1. The second-order valence-corrected chi connectivity index (χ2v) is 4.85. The molecule has 1 heterocycles. The van der Waals surface area contributed by atoms with E-state index in [4.69, 9.17) is 5.11 Å². The van der Waals surface area contributed by atoms with Crippen LogP contribution in [-0.2, 0) is 17.8 Å². The number of aryl methyl sites for hydroxylation is 1. The fourth-order valence-corrected chi connectivity index (χ4v) is 2.39. The van der Waals surface area contributed by atoms with Crippen LogP contribution in [0.5, 0.6) is 0 Å². The molecule has 0 bridgehead atoms. The highest BCUT2D eigenvalue weighted by Gasteiger charge is 2.19. The van der Waals surface area contributed by atoms with Gasteiger partial charge in [-0.15, -0.1) is 0 Å². The fraction of sp³-hybridized carbons (Fsp3) is 0.500. The molecule has 1 aliphatic rings. The summed E-state index contributed by atoms with van der Waals surface area (Å²) < 4.78 is 0. The summed E-state index contributed by atoms with van der Waals surface area (Å²) in [5.41, 5.74) is 2.76. The Labute approximate surface area is 102 Å². The number of hydrogen-bond donors (Lipinski definition) is 1. The van der Waals surface area contributed by atoms with E-state index in [1.165, 1.54) is 11.1 Å². The first-order valence-electron chi connectivity index (χ1n) is 6.19. The molecule has 2 rings (SSSR count). The topological polar surface area (TPSA) is 40.5 Å². The normalized spacial score (nSPS) is 18.2. The molecule has 0 spiro atoms. The number of rotatable bonds is 3. The van der Waals surface area contributed by atoms with Crippen LogP contribution in [0.2, 0.25) is 0 Å². The lowest BCUT2D eigenvalue weighted by atomic mass is 10.0. The molecule has 0 fully saturated rings. The van der Waals surface area contributed by atoms with Gasteiger partial charge in [0.15, 0.2) is 0 Å². The van der Waals surface area contributed by atoms with Crippen molar-refractivity contribution in [2.75, 3.05) is 13.1 Å². The summed E-state index contributed by atoms with van der Waals surface area (Å²) in [4.78, 5) is 13.1. The number of carboxylic acids is 1. The fourth-order valence-electron chi connectivity index (χ4n) is 2.39. The molecule has 0 aliphatic carbocycles. The van der Waals surface area contributed by atoms with E-state index in [0.29, 0.717) is 6.54 Å². The molecule has 3 heteroatoms. The molecule has 0 radical (unpaired) electrons. The van der Waals surface area contributed by atoms with Gasteiger partial charge in [0, 0.05) is 13.1 Å². The zero-order chi connectivity index (χ0) is 12.3. The Bertz CT molecular complexity index is 403. The van der Waals surface area contributed by atoms with Crippen LogP contribution in [0, 0.1) is 5.92 Å². The average Bonchev–Trinajstić information content (AvgIpc) is 2.50. The van der Waals surface area contributed by atoms with E-state index < -0.39 is 5.97 Å². The molecule has 1 unspecified atom stereocenters. The van der Waals surface area contributed by atoms with Gasteiger partial charge in [0.1, 0.15) is 0 Å². The van der Waals surface area contributed by atoms with E-state index >= 15 is 0 Å². The summed E-state index contributed by atoms with van der Waals surface area (Å²) in [7, 11) is 0. The molecule has 0 aromatic heterocycles. The van der Waals surface area contributed by atoms with E-state index in [0.717, 1.165) is 25.9 Å². The first-order chi connectivity index (χ1) is 8.16. The predicted molar refractivity (Wildman–Crippen MR) is 66.8 cm³/mol. The quantitative estimate of drug-likeness (QED) is 0.869. The maximum absolute atomic E-state index is 10.9. The molecule has 1 aliphatic heterocycles. The molecule has 0 amide bonds. The van der Waals surface area contributed by atoms with Gasteiger partial charge in [-0.25, -0.2) is 0 Å². The Morgan fingerprint density at radius 3 is 2.82 bits per heavy atom. The van der Waals surface area contributed by atoms with Crippen LogP contribution in [0.4, 0.5) is 0 Å². The number of hydrogen-bond acceptors (Lipinski definition) is 2. The van der Waals surface area contributed by atoms with E-state index in [-0.39, 0.29) is 5.92 Å². The lowest BCUT2D eigenvalue weighted by molar-refractivity contribution is -0.141. The van der Waals surface area contributed by atoms with Crippen molar-refractivity contribution in [2.45, 2.75) is 26.3 Å². The van der Waals surface area contributed by atoms with Crippen molar-refractivity contribution in [3.63, 3.8) is 0 Å². The highest BCUT2D eigenvalue weighted by Crippen LogP contribution is 2.19. The summed E-state index contributed by atoms with van der Waals surface area (Å²) in [5.74, 6) is -0.997. The van der Waals surface area contributed by atoms with Crippen LogP contribution in [0.15, 0.2) is 24.3 Å². The zero-order valence-corrected chi connectivity index (χ0v) is 10.2. The highest BCUT2D eigenvalue weighted by molar-refractivity contribution is 5.69. The Hall–Kier alpha value is -1.35. The van der Waals surface area contributed by atoms with Crippen LogP contribution in [0.25, 0.3) is 0 Å². The van der Waals surface area contributed by atoms with Crippen molar-refractivity contribution in [1.29, 1.82) is 0 Å². The minimum absolute atomic E-state index is 0.291. The summed E-state index contributed by atoms with van der Waals surface area (Å²) >= 11 is 0. The Balaban J connectivity index is 2.05. The molecule has 3 nitrogen and oxygen atoms in total. The monoisotopic (exact) mass is 233 g/mol. The van der Waals surface area contributed by atoms with Crippen molar-refractivity contribution in [3.05, 3.63) is 35.4 Å². The minimum atomic E-state index is -0.706. The first kappa shape index (κ1) is 12.1. The third kappa shape index (κ3) is 3.07. The Kier molecular flexibility index (Phi) is 3.79. The van der Waals surface area contributed by atoms with Crippen LogP contribution < -0.4 is 0 Å². The molecule has 92 valence electrons. The van der Waals surface area contributed by atoms with Crippen molar-refractivity contribution in [2.24, 2.45) is 5.92 Å². The van der Waals surface area contributed by atoms with Gasteiger partial charge in [-0.2, -0.15) is 0 Å². The molecular formula is C14H19NO2.